The summed E-state index contributed by atoms with van der Waals surface area (Å²) in [4.78, 5) is 38.0. The Balaban J connectivity index is 2.42. The number of benzene rings is 1. The number of amides is 1. The third-order valence-corrected chi connectivity index (χ3v) is 6.25. The Hall–Kier alpha value is -1.96. The average molecular weight is 472 g/mol. The molecular weight excluding hydrogens is 445 g/mol. The number of methoxy groups -OCH3 is 2. The summed E-state index contributed by atoms with van der Waals surface area (Å²) in [5.41, 5.74) is -1.09. The molecule has 1 amide bonds. The second-order valence-corrected chi connectivity index (χ2v) is 9.40. The van der Waals surface area contributed by atoms with Crippen LogP contribution < -0.4 is 0 Å². The number of esters is 1. The van der Waals surface area contributed by atoms with Crippen LogP contribution >= 0.6 is 15.9 Å². The van der Waals surface area contributed by atoms with Gasteiger partial charge in [0.2, 0.25) is 0 Å². The van der Waals surface area contributed by atoms with Crippen LogP contribution in [-0.2, 0) is 20.7 Å². The van der Waals surface area contributed by atoms with Crippen LogP contribution in [0.5, 0.6) is 0 Å². The number of rotatable bonds is 4. The van der Waals surface area contributed by atoms with E-state index < -0.39 is 23.3 Å². The summed E-state index contributed by atoms with van der Waals surface area (Å²) in [7, 11) is 2.51. The van der Waals surface area contributed by atoms with Gasteiger partial charge in [0.05, 0.1) is 14.2 Å². The van der Waals surface area contributed by atoms with Crippen molar-refractivity contribution in [1.82, 2.24) is 4.90 Å². The molecule has 2 rings (SSSR count). The molecule has 0 aromatic heterocycles. The van der Waals surface area contributed by atoms with E-state index in [9.17, 15) is 14.4 Å². The van der Waals surface area contributed by atoms with Crippen molar-refractivity contribution < 1.29 is 28.2 Å². The lowest BCUT2D eigenvalue weighted by Crippen LogP contribution is -2.55. The first-order valence-electron chi connectivity index (χ1n) is 9.36. The lowest BCUT2D eigenvalue weighted by molar-refractivity contribution is -0.121. The molecule has 1 fully saturated rings. The van der Waals surface area contributed by atoms with Gasteiger partial charge in [0.1, 0.15) is 17.7 Å². The number of piperidine rings is 1. The number of likely N-dealkylation sites (tertiary alicyclic amines) is 1. The smallest absolute Gasteiger partial charge is 0.409 e. The van der Waals surface area contributed by atoms with E-state index in [1.54, 1.807) is 17.0 Å². The summed E-state index contributed by atoms with van der Waals surface area (Å²) in [5.74, 6) is -1.49. The zero-order valence-electron chi connectivity index (χ0n) is 17.4. The fourth-order valence-corrected chi connectivity index (χ4v) is 4.38. The Bertz CT molecular complexity index is 807. The van der Waals surface area contributed by atoms with Crippen LogP contribution in [0.2, 0.25) is 0 Å². The predicted octanol–water partition coefficient (Wildman–Crippen LogP) is 4.38. The molecule has 8 heteroatoms. The van der Waals surface area contributed by atoms with Gasteiger partial charge in [-0.25, -0.2) is 14.0 Å². The van der Waals surface area contributed by atoms with Crippen LogP contribution in [0.4, 0.5) is 9.18 Å². The minimum atomic E-state index is -0.857. The van der Waals surface area contributed by atoms with Crippen LogP contribution in [0.25, 0.3) is 0 Å². The Kier molecular flexibility index (Phi) is 7.09. The fourth-order valence-electron chi connectivity index (χ4n) is 3.92. The van der Waals surface area contributed by atoms with Crippen LogP contribution in [0.15, 0.2) is 16.6 Å². The van der Waals surface area contributed by atoms with Crippen LogP contribution in [0.3, 0.4) is 0 Å². The van der Waals surface area contributed by atoms with Crippen molar-refractivity contribution in [3.05, 3.63) is 33.5 Å². The number of ether oxygens (including phenoxy) is 2. The Morgan fingerprint density at radius 1 is 1.31 bits per heavy atom. The van der Waals surface area contributed by atoms with Gasteiger partial charge in [-0.15, -0.1) is 0 Å². The number of nitrogens with zero attached hydrogens (tertiary/aromatic N) is 1. The topological polar surface area (TPSA) is 72.9 Å². The van der Waals surface area contributed by atoms with Crippen molar-refractivity contribution in [3.63, 3.8) is 0 Å². The molecule has 1 aliphatic heterocycles. The highest BCUT2D eigenvalue weighted by Crippen LogP contribution is 2.43. The average Bonchev–Trinajstić information content (AvgIpc) is 2.68. The zero-order chi connectivity index (χ0) is 22.0. The molecule has 1 saturated heterocycles. The van der Waals surface area contributed by atoms with E-state index in [0.717, 1.165) is 6.29 Å². The molecule has 0 saturated carbocycles. The number of aldehydes is 1. The first kappa shape index (κ1) is 23.3. The van der Waals surface area contributed by atoms with E-state index in [1.807, 2.05) is 20.8 Å². The van der Waals surface area contributed by atoms with Gasteiger partial charge < -0.3 is 19.2 Å². The molecule has 0 radical (unpaired) electrons. The highest BCUT2D eigenvalue weighted by atomic mass is 79.9. The minimum absolute atomic E-state index is 0.126. The quantitative estimate of drug-likeness (QED) is 0.481. The molecule has 1 aliphatic rings. The number of hydrogen-bond acceptors (Lipinski definition) is 5. The van der Waals surface area contributed by atoms with Crippen molar-refractivity contribution >= 4 is 34.3 Å². The molecule has 1 heterocycles. The molecule has 0 aliphatic carbocycles. The highest BCUT2D eigenvalue weighted by Gasteiger charge is 2.46. The number of hydrogen-bond donors (Lipinski definition) is 0. The molecule has 0 N–H and O–H groups in total. The van der Waals surface area contributed by atoms with Crippen molar-refractivity contribution in [2.45, 2.75) is 46.1 Å². The molecule has 2 atom stereocenters. The summed E-state index contributed by atoms with van der Waals surface area (Å²) >= 11 is 3.18. The molecule has 2 unspecified atom stereocenters. The van der Waals surface area contributed by atoms with Gasteiger partial charge in [-0.2, -0.15) is 0 Å². The van der Waals surface area contributed by atoms with Crippen molar-refractivity contribution in [2.75, 3.05) is 20.8 Å². The maximum atomic E-state index is 15.1. The maximum absolute atomic E-state index is 15.1. The lowest BCUT2D eigenvalue weighted by atomic mass is 9.67. The maximum Gasteiger partial charge on any atom is 0.409 e. The third-order valence-electron chi connectivity index (χ3n) is 5.59. The standard InChI is InChI=1S/C21H27BrFNO5/c1-20(2,3)15-11-21(12-25,8-9-24(15)19(27)29-5)10-13-6-7-14(22)16(17(13)23)18(26)28-4/h6-7,12,15H,8-11H2,1-5H3. The monoisotopic (exact) mass is 471 g/mol. The van der Waals surface area contributed by atoms with E-state index in [4.69, 9.17) is 4.74 Å². The molecular formula is C21H27BrFNO5. The second-order valence-electron chi connectivity index (χ2n) is 8.54. The summed E-state index contributed by atoms with van der Waals surface area (Å²) in [6.07, 6.45) is 1.30. The van der Waals surface area contributed by atoms with Crippen LogP contribution in [0.1, 0.15) is 49.5 Å². The third kappa shape index (κ3) is 4.79. The number of halogens is 2. The molecule has 29 heavy (non-hydrogen) atoms. The zero-order valence-corrected chi connectivity index (χ0v) is 19.0. The van der Waals surface area contributed by atoms with Gasteiger partial charge in [-0.1, -0.05) is 26.8 Å². The highest BCUT2D eigenvalue weighted by molar-refractivity contribution is 9.10. The summed E-state index contributed by atoms with van der Waals surface area (Å²) in [5, 5.41) is 0. The van der Waals surface area contributed by atoms with E-state index in [1.165, 1.54) is 14.2 Å². The van der Waals surface area contributed by atoms with Crippen LogP contribution in [-0.4, -0.2) is 50.1 Å². The second kappa shape index (κ2) is 8.81. The van der Waals surface area contributed by atoms with E-state index in [2.05, 4.69) is 20.7 Å². The normalized spacial score (nSPS) is 22.2. The van der Waals surface area contributed by atoms with Gasteiger partial charge in [0.25, 0.3) is 0 Å². The van der Waals surface area contributed by atoms with Gasteiger partial charge in [-0.3, -0.25) is 0 Å². The summed E-state index contributed by atoms with van der Waals surface area (Å²) in [6, 6.07) is 2.89. The molecule has 0 bridgehead atoms. The van der Waals surface area contributed by atoms with Gasteiger partial charge in [0.15, 0.2) is 0 Å². The molecule has 1 aromatic carbocycles. The molecule has 1 aromatic rings. The number of carbonyl (C=O) groups excluding carboxylic acids is 3. The van der Waals surface area contributed by atoms with E-state index in [-0.39, 0.29) is 29.0 Å². The minimum Gasteiger partial charge on any atom is -0.465 e. The van der Waals surface area contributed by atoms with Crippen LogP contribution in [0, 0.1) is 16.6 Å². The van der Waals surface area contributed by atoms with Crippen molar-refractivity contribution in [1.29, 1.82) is 0 Å². The SMILES string of the molecule is COC(=O)c1c(Br)ccc(CC2(C=O)CCN(C(=O)OC)C(C(C)(C)C)C2)c1F. The van der Waals surface area contributed by atoms with E-state index in [0.29, 0.717) is 23.9 Å². The lowest BCUT2D eigenvalue weighted by Gasteiger charge is -2.48. The van der Waals surface area contributed by atoms with Gasteiger partial charge in [-0.05, 0) is 52.2 Å². The molecule has 0 spiro atoms. The summed E-state index contributed by atoms with van der Waals surface area (Å²) in [6.45, 7) is 6.30. The van der Waals surface area contributed by atoms with Gasteiger partial charge in [0, 0.05) is 22.5 Å². The Labute approximate surface area is 178 Å². The van der Waals surface area contributed by atoms with Crippen molar-refractivity contribution in [2.24, 2.45) is 10.8 Å². The summed E-state index contributed by atoms with van der Waals surface area (Å²) < 4.78 is 25.0. The Morgan fingerprint density at radius 2 is 1.97 bits per heavy atom. The first-order valence-corrected chi connectivity index (χ1v) is 10.1. The fraction of sp³-hybridized carbons (Fsp3) is 0.571. The van der Waals surface area contributed by atoms with E-state index >= 15 is 4.39 Å². The van der Waals surface area contributed by atoms with Crippen molar-refractivity contribution in [3.8, 4) is 0 Å². The van der Waals surface area contributed by atoms with Gasteiger partial charge >= 0.3 is 12.1 Å². The Morgan fingerprint density at radius 3 is 2.48 bits per heavy atom. The molecule has 6 nitrogen and oxygen atoms in total. The largest absolute Gasteiger partial charge is 0.465 e. The predicted molar refractivity (Wildman–Crippen MR) is 109 cm³/mol. The molecule has 160 valence electrons. The number of carbonyl (C=O) groups is 3. The first-order chi connectivity index (χ1) is 13.5.